The molecule has 94 valence electrons. The highest BCUT2D eigenvalue weighted by atomic mass is 79.9. The Morgan fingerprint density at radius 3 is 2.31 bits per heavy atom. The largest absolute Gasteiger partial charge is 0.468 e. The molecule has 16 heavy (non-hydrogen) atoms. The molecule has 0 aliphatic heterocycles. The normalized spacial score (nSPS) is 12.9. The quantitative estimate of drug-likeness (QED) is 0.544. The van der Waals surface area contributed by atoms with Crippen LogP contribution in [0.1, 0.15) is 13.8 Å². The fraction of sp³-hybridized carbons (Fsp3) is 0.800. The summed E-state index contributed by atoms with van der Waals surface area (Å²) in [6, 6.07) is 0. The van der Waals surface area contributed by atoms with Gasteiger partial charge in [0.15, 0.2) is 0 Å². The average molecular weight is 295 g/mol. The molecule has 0 aliphatic rings. The number of methoxy groups -OCH3 is 1. The fourth-order valence-electron chi connectivity index (χ4n) is 1.37. The number of primary amides is 1. The lowest BCUT2D eigenvalue weighted by Gasteiger charge is -2.24. The summed E-state index contributed by atoms with van der Waals surface area (Å²) in [5.41, 5.74) is 5.14. The highest BCUT2D eigenvalue weighted by Gasteiger charge is 2.20. The van der Waals surface area contributed by atoms with E-state index in [1.807, 2.05) is 18.7 Å². The second-order valence-corrected chi connectivity index (χ2v) is 5.15. The zero-order chi connectivity index (χ0) is 12.7. The Kier molecular flexibility index (Phi) is 7.33. The molecule has 0 aromatic heterocycles. The third-order valence-corrected chi connectivity index (χ3v) is 2.54. The Bertz CT molecular complexity index is 246. The van der Waals surface area contributed by atoms with Crippen LogP contribution < -0.4 is 5.73 Å². The van der Waals surface area contributed by atoms with Gasteiger partial charge < -0.3 is 10.5 Å². The van der Waals surface area contributed by atoms with Crippen molar-refractivity contribution < 1.29 is 14.3 Å². The minimum atomic E-state index is -0.435. The molecule has 0 aliphatic carbocycles. The van der Waals surface area contributed by atoms with Gasteiger partial charge in [0, 0.05) is 13.1 Å². The molecular formula is C10H19BrN2O3. The van der Waals surface area contributed by atoms with Crippen LogP contribution in [0, 0.1) is 5.92 Å². The molecule has 0 heterocycles. The van der Waals surface area contributed by atoms with Gasteiger partial charge in [-0.25, -0.2) is 0 Å². The van der Waals surface area contributed by atoms with Gasteiger partial charge in [0.25, 0.3) is 0 Å². The van der Waals surface area contributed by atoms with Crippen molar-refractivity contribution in [3.05, 3.63) is 0 Å². The molecule has 1 unspecified atom stereocenters. The SMILES string of the molecule is COC(=O)C(Br)CN(CC(N)=O)CC(C)C. The van der Waals surface area contributed by atoms with Crippen LogP contribution in [0.3, 0.4) is 0 Å². The molecule has 0 radical (unpaired) electrons. The summed E-state index contributed by atoms with van der Waals surface area (Å²) in [6.45, 7) is 5.35. The molecule has 5 nitrogen and oxygen atoms in total. The van der Waals surface area contributed by atoms with Gasteiger partial charge >= 0.3 is 5.97 Å². The van der Waals surface area contributed by atoms with E-state index in [4.69, 9.17) is 5.73 Å². The number of nitrogens with two attached hydrogens (primary N) is 1. The number of carbonyl (C=O) groups is 2. The number of alkyl halides is 1. The Balaban J connectivity index is 4.29. The number of halogens is 1. The molecule has 0 saturated carbocycles. The van der Waals surface area contributed by atoms with E-state index in [9.17, 15) is 9.59 Å². The van der Waals surface area contributed by atoms with Crippen molar-refractivity contribution in [3.63, 3.8) is 0 Å². The van der Waals surface area contributed by atoms with Gasteiger partial charge in [-0.15, -0.1) is 0 Å². The smallest absolute Gasteiger partial charge is 0.320 e. The summed E-state index contributed by atoms with van der Waals surface area (Å²) in [6.07, 6.45) is 0. The summed E-state index contributed by atoms with van der Waals surface area (Å²) in [7, 11) is 1.33. The van der Waals surface area contributed by atoms with E-state index in [0.29, 0.717) is 19.0 Å². The minimum Gasteiger partial charge on any atom is -0.468 e. The second kappa shape index (κ2) is 7.62. The standard InChI is InChI=1S/C10H19BrN2O3/c1-7(2)4-13(6-9(12)14)5-8(11)10(15)16-3/h7-8H,4-6H2,1-3H3,(H2,12,14). The van der Waals surface area contributed by atoms with Crippen molar-refractivity contribution in [2.24, 2.45) is 11.7 Å². The van der Waals surface area contributed by atoms with Crippen LogP contribution in [0.5, 0.6) is 0 Å². The maximum absolute atomic E-state index is 11.2. The van der Waals surface area contributed by atoms with Crippen LogP contribution in [0.15, 0.2) is 0 Å². The summed E-state index contributed by atoms with van der Waals surface area (Å²) in [5.74, 6) is -0.347. The van der Waals surface area contributed by atoms with Crippen LogP contribution in [-0.4, -0.2) is 48.3 Å². The summed E-state index contributed by atoms with van der Waals surface area (Å²) >= 11 is 3.22. The predicted molar refractivity (Wildman–Crippen MR) is 65.2 cm³/mol. The van der Waals surface area contributed by atoms with Crippen LogP contribution in [0.4, 0.5) is 0 Å². The second-order valence-electron chi connectivity index (χ2n) is 4.04. The fourth-order valence-corrected chi connectivity index (χ4v) is 1.97. The number of rotatable bonds is 7. The number of carbonyl (C=O) groups excluding carboxylic acids is 2. The number of esters is 1. The van der Waals surface area contributed by atoms with Crippen molar-refractivity contribution >= 4 is 27.8 Å². The van der Waals surface area contributed by atoms with Crippen LogP contribution in [0.2, 0.25) is 0 Å². The number of hydrogen-bond acceptors (Lipinski definition) is 4. The first kappa shape index (κ1) is 15.4. The molecule has 0 rings (SSSR count). The van der Waals surface area contributed by atoms with E-state index in [-0.39, 0.29) is 12.5 Å². The molecule has 0 aromatic rings. The number of nitrogens with zero attached hydrogens (tertiary/aromatic N) is 1. The molecule has 6 heteroatoms. The molecule has 0 fully saturated rings. The summed E-state index contributed by atoms with van der Waals surface area (Å²) < 4.78 is 4.59. The van der Waals surface area contributed by atoms with Crippen molar-refractivity contribution in [2.45, 2.75) is 18.7 Å². The zero-order valence-electron chi connectivity index (χ0n) is 9.90. The average Bonchev–Trinajstić information content (AvgIpc) is 2.14. The van der Waals surface area contributed by atoms with E-state index in [0.717, 1.165) is 0 Å². The molecule has 1 atom stereocenters. The zero-order valence-corrected chi connectivity index (χ0v) is 11.5. The molecule has 0 bridgehead atoms. The minimum absolute atomic E-state index is 0.150. The van der Waals surface area contributed by atoms with Gasteiger partial charge in [-0.2, -0.15) is 0 Å². The Morgan fingerprint density at radius 2 is 1.94 bits per heavy atom. The lowest BCUT2D eigenvalue weighted by atomic mass is 10.2. The third kappa shape index (κ3) is 6.79. The van der Waals surface area contributed by atoms with Gasteiger partial charge in [0.2, 0.25) is 5.91 Å². The topological polar surface area (TPSA) is 72.6 Å². The number of amides is 1. The van der Waals surface area contributed by atoms with Gasteiger partial charge in [0.1, 0.15) is 4.83 Å². The molecule has 0 aromatic carbocycles. The highest BCUT2D eigenvalue weighted by molar-refractivity contribution is 9.10. The molecule has 2 N–H and O–H groups in total. The van der Waals surface area contributed by atoms with Gasteiger partial charge in [-0.3, -0.25) is 14.5 Å². The van der Waals surface area contributed by atoms with Crippen molar-refractivity contribution in [3.8, 4) is 0 Å². The first-order valence-electron chi connectivity index (χ1n) is 5.09. The predicted octanol–water partition coefficient (Wildman–Crippen LogP) is 0.366. The maximum Gasteiger partial charge on any atom is 0.320 e. The van der Waals surface area contributed by atoms with E-state index in [2.05, 4.69) is 20.7 Å². The van der Waals surface area contributed by atoms with E-state index in [1.54, 1.807) is 0 Å². The lowest BCUT2D eigenvalue weighted by molar-refractivity contribution is -0.140. The lowest BCUT2D eigenvalue weighted by Crippen LogP contribution is -2.41. The molecule has 1 amide bonds. The number of ether oxygens (including phenoxy) is 1. The first-order valence-corrected chi connectivity index (χ1v) is 6.01. The maximum atomic E-state index is 11.2. The van der Waals surface area contributed by atoms with Crippen LogP contribution in [0.25, 0.3) is 0 Å². The van der Waals surface area contributed by atoms with Gasteiger partial charge in [-0.1, -0.05) is 29.8 Å². The number of hydrogen-bond donors (Lipinski definition) is 1. The molecular weight excluding hydrogens is 276 g/mol. The van der Waals surface area contributed by atoms with Gasteiger partial charge in [0.05, 0.1) is 13.7 Å². The molecule has 0 spiro atoms. The Labute approximate surface area is 104 Å². The van der Waals surface area contributed by atoms with Crippen LogP contribution >= 0.6 is 15.9 Å². The monoisotopic (exact) mass is 294 g/mol. The van der Waals surface area contributed by atoms with Crippen molar-refractivity contribution in [1.29, 1.82) is 0 Å². The first-order chi connectivity index (χ1) is 7.36. The van der Waals surface area contributed by atoms with Crippen LogP contribution in [-0.2, 0) is 14.3 Å². The van der Waals surface area contributed by atoms with Gasteiger partial charge in [-0.05, 0) is 5.92 Å². The highest BCUT2D eigenvalue weighted by Crippen LogP contribution is 2.07. The van der Waals surface area contributed by atoms with Crippen molar-refractivity contribution in [2.75, 3.05) is 26.7 Å². The third-order valence-electron chi connectivity index (χ3n) is 1.88. The molecule has 0 saturated heterocycles. The Morgan fingerprint density at radius 1 is 1.38 bits per heavy atom. The van der Waals surface area contributed by atoms with E-state index < -0.39 is 10.7 Å². The van der Waals surface area contributed by atoms with E-state index >= 15 is 0 Å². The summed E-state index contributed by atoms with van der Waals surface area (Å²) in [4.78, 5) is 23.5. The summed E-state index contributed by atoms with van der Waals surface area (Å²) in [5, 5.41) is 0. The van der Waals surface area contributed by atoms with E-state index in [1.165, 1.54) is 7.11 Å². The Hall–Kier alpha value is -0.620. The van der Waals surface area contributed by atoms with Crippen molar-refractivity contribution in [1.82, 2.24) is 4.90 Å².